The standard InChI is InChI=1S/C22H28ClN3O3S2/c23-17-5-2-1-4-15(17)8-10-24-9-3-12-30-13-11-25-14-19(28)16-6-7-18(27)20-21(16)31-22(29)26-20/h1-2,4-7,19,24-25,27-28H,3,8-14H2,(H,26,29). The summed E-state index contributed by atoms with van der Waals surface area (Å²) in [5, 5.41) is 27.9. The van der Waals surface area contributed by atoms with E-state index in [9.17, 15) is 15.0 Å². The molecule has 2 aromatic carbocycles. The summed E-state index contributed by atoms with van der Waals surface area (Å²) in [4.78, 5) is 13.9. The van der Waals surface area contributed by atoms with Gasteiger partial charge in [0.05, 0.1) is 10.8 Å². The Balaban J connectivity index is 1.24. The molecule has 3 aromatic rings. The van der Waals surface area contributed by atoms with Gasteiger partial charge in [0.25, 0.3) is 0 Å². The van der Waals surface area contributed by atoms with Gasteiger partial charge in [0.2, 0.25) is 0 Å². The number of nitrogens with one attached hydrogen (secondary N) is 3. The number of aromatic hydroxyl groups is 1. The monoisotopic (exact) mass is 481 g/mol. The third kappa shape index (κ3) is 7.24. The van der Waals surface area contributed by atoms with Crippen molar-refractivity contribution in [1.82, 2.24) is 15.6 Å². The highest BCUT2D eigenvalue weighted by Crippen LogP contribution is 2.31. The molecule has 0 fully saturated rings. The van der Waals surface area contributed by atoms with Gasteiger partial charge in [0, 0.05) is 29.4 Å². The minimum Gasteiger partial charge on any atom is -0.506 e. The predicted molar refractivity (Wildman–Crippen MR) is 132 cm³/mol. The first-order chi connectivity index (χ1) is 15.1. The Morgan fingerprint density at radius 2 is 1.94 bits per heavy atom. The lowest BCUT2D eigenvalue weighted by atomic mass is 10.1. The van der Waals surface area contributed by atoms with E-state index in [1.54, 1.807) is 6.07 Å². The van der Waals surface area contributed by atoms with E-state index in [1.807, 2.05) is 30.0 Å². The lowest BCUT2D eigenvalue weighted by molar-refractivity contribution is 0.177. The van der Waals surface area contributed by atoms with Gasteiger partial charge in [-0.3, -0.25) is 4.79 Å². The number of aromatic amines is 1. The van der Waals surface area contributed by atoms with Crippen LogP contribution in [0.2, 0.25) is 5.02 Å². The molecule has 0 radical (unpaired) electrons. The average Bonchev–Trinajstić information content (AvgIpc) is 3.15. The first-order valence-electron chi connectivity index (χ1n) is 10.3. The zero-order chi connectivity index (χ0) is 22.1. The van der Waals surface area contributed by atoms with Gasteiger partial charge in [0.15, 0.2) is 0 Å². The van der Waals surface area contributed by atoms with Crippen molar-refractivity contribution in [3.63, 3.8) is 0 Å². The molecule has 31 heavy (non-hydrogen) atoms. The molecule has 0 aliphatic heterocycles. The molecule has 5 N–H and O–H groups in total. The average molecular weight is 482 g/mol. The first kappa shape index (κ1) is 24.1. The van der Waals surface area contributed by atoms with E-state index in [0.717, 1.165) is 60.3 Å². The fourth-order valence-corrected chi connectivity index (χ4v) is 5.23. The number of aliphatic hydroxyl groups excluding tert-OH is 1. The van der Waals surface area contributed by atoms with Crippen molar-refractivity contribution in [3.8, 4) is 5.75 Å². The first-order valence-corrected chi connectivity index (χ1v) is 12.7. The van der Waals surface area contributed by atoms with Gasteiger partial charge < -0.3 is 25.8 Å². The number of aliphatic hydroxyl groups is 1. The summed E-state index contributed by atoms with van der Waals surface area (Å²) in [7, 11) is 0. The minimum absolute atomic E-state index is 0.0204. The quantitative estimate of drug-likeness (QED) is 0.240. The molecule has 168 valence electrons. The van der Waals surface area contributed by atoms with E-state index < -0.39 is 6.10 Å². The van der Waals surface area contributed by atoms with E-state index in [-0.39, 0.29) is 10.6 Å². The SMILES string of the molecule is O=c1[nH]c2c(O)ccc(C(O)CNCCSCCCNCCc3ccccc3Cl)c2s1. The Morgan fingerprint density at radius 1 is 1.10 bits per heavy atom. The summed E-state index contributed by atoms with van der Waals surface area (Å²) in [6, 6.07) is 11.1. The fraction of sp³-hybridized carbons (Fsp3) is 0.409. The van der Waals surface area contributed by atoms with Gasteiger partial charge >= 0.3 is 4.87 Å². The van der Waals surface area contributed by atoms with E-state index in [1.165, 1.54) is 11.6 Å². The van der Waals surface area contributed by atoms with Gasteiger partial charge in [-0.2, -0.15) is 11.8 Å². The topological polar surface area (TPSA) is 97.4 Å². The number of thioether (sulfide) groups is 1. The number of fused-ring (bicyclic) bond motifs is 1. The maximum Gasteiger partial charge on any atom is 0.305 e. The van der Waals surface area contributed by atoms with Crippen LogP contribution < -0.4 is 15.5 Å². The van der Waals surface area contributed by atoms with Gasteiger partial charge in [-0.25, -0.2) is 0 Å². The zero-order valence-corrected chi connectivity index (χ0v) is 19.6. The maximum absolute atomic E-state index is 11.6. The van der Waals surface area contributed by atoms with Gasteiger partial charge in [-0.05, 0) is 49.4 Å². The molecule has 0 saturated carbocycles. The highest BCUT2D eigenvalue weighted by atomic mass is 35.5. The molecule has 0 aliphatic rings. The Kier molecular flexibility index (Phi) is 9.70. The summed E-state index contributed by atoms with van der Waals surface area (Å²) in [6.45, 7) is 3.11. The molecule has 0 bridgehead atoms. The molecule has 1 heterocycles. The second kappa shape index (κ2) is 12.5. The van der Waals surface area contributed by atoms with Crippen LogP contribution in [0.25, 0.3) is 10.2 Å². The highest BCUT2D eigenvalue weighted by Gasteiger charge is 2.15. The van der Waals surface area contributed by atoms with Crippen molar-refractivity contribution in [3.05, 3.63) is 62.2 Å². The molecule has 0 aliphatic carbocycles. The van der Waals surface area contributed by atoms with Gasteiger partial charge in [-0.1, -0.05) is 47.2 Å². The predicted octanol–water partition coefficient (Wildman–Crippen LogP) is 3.53. The fourth-order valence-electron chi connectivity index (χ4n) is 3.25. The Hall–Kier alpha value is -1.55. The lowest BCUT2D eigenvalue weighted by Gasteiger charge is -2.13. The molecule has 1 unspecified atom stereocenters. The highest BCUT2D eigenvalue weighted by molar-refractivity contribution is 7.99. The zero-order valence-electron chi connectivity index (χ0n) is 17.2. The van der Waals surface area contributed by atoms with Crippen molar-refractivity contribution in [2.75, 3.05) is 37.7 Å². The second-order valence-electron chi connectivity index (χ2n) is 7.17. The minimum atomic E-state index is -0.734. The van der Waals surface area contributed by atoms with Gasteiger partial charge in [0.1, 0.15) is 11.3 Å². The van der Waals surface area contributed by atoms with Crippen LogP contribution in [0.5, 0.6) is 5.75 Å². The van der Waals surface area contributed by atoms with Gasteiger partial charge in [-0.15, -0.1) is 0 Å². The molecule has 3 rings (SSSR count). The molecule has 0 amide bonds. The van der Waals surface area contributed by atoms with E-state index in [0.29, 0.717) is 22.3 Å². The maximum atomic E-state index is 11.6. The second-order valence-corrected chi connectivity index (χ2v) is 9.78. The molecular formula is C22H28ClN3O3S2. The summed E-state index contributed by atoms with van der Waals surface area (Å²) in [5.41, 5.74) is 2.22. The van der Waals surface area contributed by atoms with Crippen LogP contribution >= 0.6 is 34.7 Å². The molecule has 9 heteroatoms. The van der Waals surface area contributed by atoms with Crippen LogP contribution in [-0.2, 0) is 6.42 Å². The van der Waals surface area contributed by atoms with Crippen LogP contribution in [0.4, 0.5) is 0 Å². The molecule has 6 nitrogen and oxygen atoms in total. The molecule has 0 saturated heterocycles. The number of hydrogen-bond acceptors (Lipinski definition) is 7. The smallest absolute Gasteiger partial charge is 0.305 e. The number of H-pyrrole nitrogens is 1. The summed E-state index contributed by atoms with van der Waals surface area (Å²) in [5.74, 6) is 2.07. The molecular weight excluding hydrogens is 454 g/mol. The van der Waals surface area contributed by atoms with E-state index in [2.05, 4.69) is 21.7 Å². The van der Waals surface area contributed by atoms with Crippen molar-refractivity contribution in [2.45, 2.75) is 18.9 Å². The van der Waals surface area contributed by atoms with Crippen LogP contribution in [0, 0.1) is 0 Å². The normalized spacial score (nSPS) is 12.5. The van der Waals surface area contributed by atoms with Crippen LogP contribution in [-0.4, -0.2) is 52.9 Å². The number of phenolic OH excluding ortho intramolecular Hbond substituents is 1. The van der Waals surface area contributed by atoms with Crippen molar-refractivity contribution < 1.29 is 10.2 Å². The van der Waals surface area contributed by atoms with Crippen molar-refractivity contribution >= 4 is 44.9 Å². The summed E-state index contributed by atoms with van der Waals surface area (Å²) in [6.07, 6.45) is 1.31. The Bertz CT molecular complexity index is 1020. The Morgan fingerprint density at radius 3 is 2.77 bits per heavy atom. The number of aromatic nitrogens is 1. The number of phenols is 1. The number of benzene rings is 2. The molecule has 0 spiro atoms. The number of halogens is 1. The Labute approximate surface area is 195 Å². The van der Waals surface area contributed by atoms with E-state index >= 15 is 0 Å². The van der Waals surface area contributed by atoms with Crippen molar-refractivity contribution in [2.24, 2.45) is 0 Å². The van der Waals surface area contributed by atoms with E-state index in [4.69, 9.17) is 11.6 Å². The molecule has 1 aromatic heterocycles. The number of thiazole rings is 1. The molecule has 1 atom stereocenters. The van der Waals surface area contributed by atoms with Crippen LogP contribution in [0.3, 0.4) is 0 Å². The summed E-state index contributed by atoms with van der Waals surface area (Å²) < 4.78 is 0.607. The lowest BCUT2D eigenvalue weighted by Crippen LogP contribution is -2.24. The third-order valence-electron chi connectivity index (χ3n) is 4.88. The van der Waals surface area contributed by atoms with Crippen molar-refractivity contribution in [1.29, 1.82) is 0 Å². The summed E-state index contributed by atoms with van der Waals surface area (Å²) >= 11 is 9.04. The number of rotatable bonds is 13. The number of hydrogen-bond donors (Lipinski definition) is 5. The largest absolute Gasteiger partial charge is 0.506 e. The van der Waals surface area contributed by atoms with Crippen LogP contribution in [0.15, 0.2) is 41.2 Å². The van der Waals surface area contributed by atoms with Crippen LogP contribution in [0.1, 0.15) is 23.7 Å². The third-order valence-corrected chi connectivity index (χ3v) is 7.25.